The first kappa shape index (κ1) is 29.8. The number of carbonyl (C=O) groups is 2. The minimum atomic E-state index is -4.38. The van der Waals surface area contributed by atoms with Crippen LogP contribution in [0.3, 0.4) is 0 Å². The first-order valence-electron chi connectivity index (χ1n) is 12.8. The average Bonchev–Trinajstić information content (AvgIpc) is 2.99. The maximum absolute atomic E-state index is 15.1. The predicted octanol–water partition coefficient (Wildman–Crippen LogP) is 5.06. The van der Waals surface area contributed by atoms with E-state index in [-0.39, 0.29) is 23.5 Å². The molecule has 0 saturated carbocycles. The second kappa shape index (κ2) is 13.4. The van der Waals surface area contributed by atoms with Crippen molar-refractivity contribution in [3.05, 3.63) is 131 Å². The summed E-state index contributed by atoms with van der Waals surface area (Å²) in [6.45, 7) is -0.842. The third-order valence-electron chi connectivity index (χ3n) is 6.55. The molecule has 0 aromatic heterocycles. The number of nitrogens with zero attached hydrogens (tertiary/aromatic N) is 2. The lowest BCUT2D eigenvalue weighted by Crippen LogP contribution is -2.53. The fourth-order valence-corrected chi connectivity index (χ4v) is 6.06. The number of para-hydroxylation sites is 1. The highest BCUT2D eigenvalue weighted by molar-refractivity contribution is 7.92. The Hall–Kier alpha value is -4.21. The Kier molecular flexibility index (Phi) is 9.75. The van der Waals surface area contributed by atoms with E-state index in [4.69, 9.17) is 11.6 Å². The number of amides is 2. The van der Waals surface area contributed by atoms with Crippen LogP contribution < -0.4 is 9.62 Å². The van der Waals surface area contributed by atoms with Gasteiger partial charge in [-0.05, 0) is 41.5 Å². The molecule has 2 amide bonds. The number of rotatable bonds is 11. The van der Waals surface area contributed by atoms with Gasteiger partial charge in [-0.3, -0.25) is 13.9 Å². The highest BCUT2D eigenvalue weighted by Crippen LogP contribution is 2.27. The smallest absolute Gasteiger partial charge is 0.264 e. The summed E-state index contributed by atoms with van der Waals surface area (Å²) in [5.74, 6) is -1.97. The van der Waals surface area contributed by atoms with Crippen molar-refractivity contribution in [3.63, 3.8) is 0 Å². The van der Waals surface area contributed by atoms with Crippen LogP contribution in [0.2, 0.25) is 5.02 Å². The van der Waals surface area contributed by atoms with Crippen molar-refractivity contribution >= 4 is 39.1 Å². The van der Waals surface area contributed by atoms with E-state index < -0.39 is 40.2 Å². The zero-order valence-electron chi connectivity index (χ0n) is 22.3. The topological polar surface area (TPSA) is 86.8 Å². The standard InChI is InChI=1S/C31H29ClFN3O4S/c1-34-31(38)29(20-23-12-4-2-5-13-23)35(21-24-14-8-9-17-26(24)32)30(37)22-36(28-19-11-10-18-27(28)33)41(39,40)25-15-6-3-7-16-25/h2-19,29H,20-22H2,1H3,(H,34,38). The highest BCUT2D eigenvalue weighted by atomic mass is 35.5. The van der Waals surface area contributed by atoms with Gasteiger partial charge >= 0.3 is 0 Å². The second-order valence-electron chi connectivity index (χ2n) is 9.21. The van der Waals surface area contributed by atoms with Gasteiger partial charge in [0.1, 0.15) is 18.4 Å². The Bertz CT molecular complexity index is 1600. The molecule has 4 aromatic rings. The van der Waals surface area contributed by atoms with Gasteiger partial charge in [0.15, 0.2) is 0 Å². The zero-order chi connectivity index (χ0) is 29.4. The average molecular weight is 594 g/mol. The first-order valence-corrected chi connectivity index (χ1v) is 14.6. The molecule has 41 heavy (non-hydrogen) atoms. The number of halogens is 2. The number of hydrogen-bond acceptors (Lipinski definition) is 4. The van der Waals surface area contributed by atoms with E-state index in [1.807, 2.05) is 30.3 Å². The molecule has 0 radical (unpaired) electrons. The minimum Gasteiger partial charge on any atom is -0.357 e. The molecule has 0 heterocycles. The lowest BCUT2D eigenvalue weighted by atomic mass is 10.0. The molecule has 1 atom stereocenters. The third kappa shape index (κ3) is 7.11. The Morgan fingerprint density at radius 3 is 2.07 bits per heavy atom. The molecule has 0 aliphatic heterocycles. The van der Waals surface area contributed by atoms with Crippen molar-refractivity contribution in [2.75, 3.05) is 17.9 Å². The number of hydrogen-bond donors (Lipinski definition) is 1. The largest absolute Gasteiger partial charge is 0.357 e. The molecule has 4 aromatic carbocycles. The number of nitrogens with one attached hydrogen (secondary N) is 1. The molecule has 212 valence electrons. The predicted molar refractivity (Wildman–Crippen MR) is 157 cm³/mol. The van der Waals surface area contributed by atoms with Crippen molar-refractivity contribution in [1.82, 2.24) is 10.2 Å². The van der Waals surface area contributed by atoms with Crippen LogP contribution >= 0.6 is 11.6 Å². The maximum Gasteiger partial charge on any atom is 0.264 e. The molecular formula is C31H29ClFN3O4S. The third-order valence-corrected chi connectivity index (χ3v) is 8.69. The van der Waals surface area contributed by atoms with E-state index in [2.05, 4.69) is 5.32 Å². The van der Waals surface area contributed by atoms with Crippen LogP contribution in [0.1, 0.15) is 11.1 Å². The lowest BCUT2D eigenvalue weighted by Gasteiger charge is -2.33. The fraction of sp³-hybridized carbons (Fsp3) is 0.161. The quantitative estimate of drug-likeness (QED) is 0.263. The molecule has 0 saturated heterocycles. The van der Waals surface area contributed by atoms with Crippen LogP contribution in [0.4, 0.5) is 10.1 Å². The maximum atomic E-state index is 15.1. The summed E-state index contributed by atoms with van der Waals surface area (Å²) in [6.07, 6.45) is 0.155. The van der Waals surface area contributed by atoms with Gasteiger partial charge in [-0.2, -0.15) is 0 Å². The van der Waals surface area contributed by atoms with Gasteiger partial charge in [0, 0.05) is 25.0 Å². The summed E-state index contributed by atoms with van der Waals surface area (Å²) >= 11 is 6.43. The molecule has 7 nitrogen and oxygen atoms in total. The van der Waals surface area contributed by atoms with Crippen molar-refractivity contribution < 1.29 is 22.4 Å². The number of carbonyl (C=O) groups excluding carboxylic acids is 2. The van der Waals surface area contributed by atoms with E-state index in [0.717, 1.165) is 15.9 Å². The second-order valence-corrected chi connectivity index (χ2v) is 11.5. The van der Waals surface area contributed by atoms with Crippen LogP contribution in [0.15, 0.2) is 114 Å². The summed E-state index contributed by atoms with van der Waals surface area (Å²) in [5, 5.41) is 2.99. The number of anilines is 1. The molecular weight excluding hydrogens is 565 g/mol. The Morgan fingerprint density at radius 1 is 0.854 bits per heavy atom. The summed E-state index contributed by atoms with van der Waals surface area (Å²) in [4.78, 5) is 28.6. The molecule has 0 bridgehead atoms. The SMILES string of the molecule is CNC(=O)C(Cc1ccccc1)N(Cc1ccccc1Cl)C(=O)CN(c1ccccc1F)S(=O)(=O)c1ccccc1. The molecule has 0 spiro atoms. The Balaban J connectivity index is 1.80. The molecule has 1 unspecified atom stereocenters. The van der Waals surface area contributed by atoms with Gasteiger partial charge in [0.2, 0.25) is 11.8 Å². The zero-order valence-corrected chi connectivity index (χ0v) is 23.9. The van der Waals surface area contributed by atoms with Crippen LogP contribution in [0.5, 0.6) is 0 Å². The normalized spacial score (nSPS) is 11.9. The molecule has 0 aliphatic rings. The van der Waals surface area contributed by atoms with Crippen LogP contribution in [-0.2, 0) is 32.6 Å². The van der Waals surface area contributed by atoms with Crippen LogP contribution in [0.25, 0.3) is 0 Å². The van der Waals surface area contributed by atoms with Crippen LogP contribution in [-0.4, -0.2) is 44.8 Å². The summed E-state index contributed by atoms with van der Waals surface area (Å²) in [6, 6.07) is 27.8. The monoisotopic (exact) mass is 593 g/mol. The summed E-state index contributed by atoms with van der Waals surface area (Å²) in [7, 11) is -2.92. The minimum absolute atomic E-state index is 0.0834. The van der Waals surface area contributed by atoms with E-state index >= 15 is 4.39 Å². The molecule has 1 N–H and O–H groups in total. The van der Waals surface area contributed by atoms with Crippen molar-refractivity contribution in [1.29, 1.82) is 0 Å². The van der Waals surface area contributed by atoms with E-state index in [1.54, 1.807) is 42.5 Å². The van der Waals surface area contributed by atoms with Gasteiger partial charge in [-0.1, -0.05) is 90.5 Å². The van der Waals surface area contributed by atoms with Crippen molar-refractivity contribution in [2.24, 2.45) is 0 Å². The Morgan fingerprint density at radius 2 is 1.44 bits per heavy atom. The number of sulfonamides is 1. The Labute approximate surface area is 244 Å². The molecule has 0 aliphatic carbocycles. The lowest BCUT2D eigenvalue weighted by molar-refractivity contribution is -0.139. The summed E-state index contributed by atoms with van der Waals surface area (Å²) < 4.78 is 43.4. The van der Waals surface area contributed by atoms with Gasteiger partial charge in [0.05, 0.1) is 10.6 Å². The van der Waals surface area contributed by atoms with Gasteiger partial charge in [-0.25, -0.2) is 12.8 Å². The van der Waals surface area contributed by atoms with Gasteiger partial charge in [-0.15, -0.1) is 0 Å². The highest BCUT2D eigenvalue weighted by Gasteiger charge is 2.35. The van der Waals surface area contributed by atoms with E-state index in [9.17, 15) is 18.0 Å². The summed E-state index contributed by atoms with van der Waals surface area (Å²) in [5.41, 5.74) is 1.07. The molecule has 4 rings (SSSR count). The van der Waals surface area contributed by atoms with Crippen molar-refractivity contribution in [2.45, 2.75) is 23.9 Å². The number of likely N-dealkylation sites (N-methyl/N-ethyl adjacent to an activating group) is 1. The van der Waals surface area contributed by atoms with Gasteiger partial charge < -0.3 is 10.2 Å². The van der Waals surface area contributed by atoms with E-state index in [1.165, 1.54) is 42.3 Å². The fourth-order valence-electron chi connectivity index (χ4n) is 4.42. The van der Waals surface area contributed by atoms with Crippen molar-refractivity contribution in [3.8, 4) is 0 Å². The van der Waals surface area contributed by atoms with E-state index in [0.29, 0.717) is 10.6 Å². The van der Waals surface area contributed by atoms with Gasteiger partial charge in [0.25, 0.3) is 10.0 Å². The van der Waals surface area contributed by atoms with Crippen LogP contribution in [0, 0.1) is 5.82 Å². The molecule has 10 heteroatoms. The first-order chi connectivity index (χ1) is 19.7. The number of benzene rings is 4. The molecule has 0 fully saturated rings.